The number of anilines is 1. The zero-order valence-electron chi connectivity index (χ0n) is 62.9. The van der Waals surface area contributed by atoms with Crippen molar-refractivity contribution in [3.63, 3.8) is 0 Å². The van der Waals surface area contributed by atoms with Gasteiger partial charge in [-0.25, -0.2) is 9.59 Å². The van der Waals surface area contributed by atoms with Crippen LogP contribution in [0.15, 0.2) is 206 Å². The van der Waals surface area contributed by atoms with E-state index in [1.807, 2.05) is 153 Å². The second-order valence-corrected chi connectivity index (χ2v) is 29.9. The van der Waals surface area contributed by atoms with Gasteiger partial charge in [0.15, 0.2) is 12.1 Å². The second-order valence-electron chi connectivity index (χ2n) is 29.9. The van der Waals surface area contributed by atoms with Gasteiger partial charge in [-0.2, -0.15) is 0 Å². The zero-order valence-corrected chi connectivity index (χ0v) is 62.9. The molecule has 108 heavy (non-hydrogen) atoms. The fourth-order valence-corrected chi connectivity index (χ4v) is 16.2. The van der Waals surface area contributed by atoms with Crippen molar-refractivity contribution in [2.45, 2.75) is 215 Å². The number of ketones is 1. The molecule has 3 aliphatic carbocycles. The number of allylic oxidation sites excluding steroid dienone is 12. The quantitative estimate of drug-likeness (QED) is 0.0275. The normalized spacial score (nSPS) is 26.3. The molecule has 14 atom stereocenters. The van der Waals surface area contributed by atoms with E-state index in [1.165, 1.54) is 7.11 Å². The molecule has 5 aromatic rings. The molecule has 7 N–H and O–H groups in total. The molecule has 18 heteroatoms. The Balaban J connectivity index is 0.741. The number of ether oxygens (including phenoxy) is 6. The van der Waals surface area contributed by atoms with Crippen LogP contribution in [-0.2, 0) is 38.0 Å². The molecule has 1 saturated carbocycles. The van der Waals surface area contributed by atoms with Gasteiger partial charge in [-0.15, -0.1) is 0 Å². The Labute approximate surface area is 636 Å². The summed E-state index contributed by atoms with van der Waals surface area (Å²) < 4.78 is 35.8. The summed E-state index contributed by atoms with van der Waals surface area (Å²) in [6.07, 6.45) is 28.1. The van der Waals surface area contributed by atoms with Crippen molar-refractivity contribution in [1.29, 1.82) is 0 Å². The summed E-state index contributed by atoms with van der Waals surface area (Å²) in [6.45, 7) is 5.83. The van der Waals surface area contributed by atoms with Gasteiger partial charge in [0.05, 0.1) is 49.1 Å². The van der Waals surface area contributed by atoms with Crippen LogP contribution in [0.25, 0.3) is 22.3 Å². The molecule has 2 aliphatic heterocycles. The highest BCUT2D eigenvalue weighted by Gasteiger charge is 2.50. The van der Waals surface area contributed by atoms with Crippen molar-refractivity contribution in [3.05, 3.63) is 234 Å². The predicted octanol–water partition coefficient (Wildman–Crippen LogP) is 16.4. The minimum Gasteiger partial charge on any atom is -0.469 e. The van der Waals surface area contributed by atoms with E-state index in [0.29, 0.717) is 43.4 Å². The maximum atomic E-state index is 13.6. The third-order valence-corrected chi connectivity index (χ3v) is 21.9. The number of rotatable bonds is 16. The van der Waals surface area contributed by atoms with Crippen LogP contribution in [0.2, 0.25) is 0 Å². The van der Waals surface area contributed by atoms with E-state index in [9.17, 15) is 49.5 Å². The molecule has 5 aromatic carbocycles. The van der Waals surface area contributed by atoms with Gasteiger partial charge in [0.1, 0.15) is 31.5 Å². The first-order valence-corrected chi connectivity index (χ1v) is 39.0. The number of benzene rings is 5. The van der Waals surface area contributed by atoms with Gasteiger partial charge in [-0.1, -0.05) is 260 Å². The number of hydrogen-bond acceptors (Lipinski definition) is 16. The van der Waals surface area contributed by atoms with Crippen LogP contribution in [0.5, 0.6) is 0 Å². The average molecular weight is 1480 g/mol. The Morgan fingerprint density at radius 3 is 1.59 bits per heavy atom. The second kappa shape index (κ2) is 41.1. The van der Waals surface area contributed by atoms with Crippen molar-refractivity contribution in [2.24, 2.45) is 23.7 Å². The fourth-order valence-electron chi connectivity index (χ4n) is 16.2. The molecule has 9 unspecified atom stereocenters. The summed E-state index contributed by atoms with van der Waals surface area (Å²) in [7, 11) is 1.27. The molecule has 576 valence electrons. The first kappa shape index (κ1) is 81.7. The molecule has 0 spiro atoms. The topological polar surface area (TPSA) is 266 Å². The van der Waals surface area contributed by atoms with Crippen LogP contribution in [0.4, 0.5) is 15.3 Å². The van der Waals surface area contributed by atoms with Gasteiger partial charge < -0.3 is 59.3 Å². The highest BCUT2D eigenvalue weighted by atomic mass is 16.7. The Morgan fingerprint density at radius 2 is 1.06 bits per heavy atom. The molecular formula is C90H110N2O16. The van der Waals surface area contributed by atoms with E-state index >= 15 is 0 Å². The Hall–Kier alpha value is -8.85. The number of amides is 2. The SMILES string of the molecule is COC(=O)C1C(O)CC2(O)CCCCCCCCCCCCCC(=O)OC(C(C)CCC(O)CC(=O)c3ccc(NC(=O)OCC4c5ccccc5-c5ccccc54)cc3)C(C)C=CC=CC=CC=CC=CC=CC=CC(O[C@@H]3O[C@H](C)[C@@H](O)[C@H](NC(=O)OCC4c5ccccc5-c5ccccc54)[C@@H]3O)CC1C2. The van der Waals surface area contributed by atoms with Gasteiger partial charge >= 0.3 is 24.1 Å². The fraction of sp³-hybridized carbons (Fsp3) is 0.456. The summed E-state index contributed by atoms with van der Waals surface area (Å²) in [4.78, 5) is 67.2. The Kier molecular flexibility index (Phi) is 31.1. The minimum atomic E-state index is -1.59. The number of hydrogen-bond donors (Lipinski definition) is 7. The Morgan fingerprint density at radius 1 is 0.583 bits per heavy atom. The van der Waals surface area contributed by atoms with Gasteiger partial charge in [-0.3, -0.25) is 19.7 Å². The zero-order chi connectivity index (χ0) is 76.4. The lowest BCUT2D eigenvalue weighted by molar-refractivity contribution is -0.280. The standard InChI is InChI=1S/C90H110N2O16/c1-60-36-24-20-16-12-8-5-6-9-13-17-21-25-37-67(107-87-84(98)82(83(97)62(3)106-87)92-89(101)105-59-77-74-44-33-29-40-70(74)71-41-30-34-45-75(71)77)54-64-56-90(102,57-79(95)81(64)86(99)103-4)53-35-23-19-15-11-7-10-14-18-22-26-46-80(96)108-85(60)61(2)47-52-66(93)55-78(94)63-48-50-65(51-49-63)91-88(100)104-58-76-72-42-31-27-38-68(72)69-39-28-32-43-73(69)76/h5-6,8-9,12-13,16-17,20-21,24-25,27-34,36-45,48-51,60-62,64,66-67,76-77,79,81-85,87,93,95,97-98,102H,7,10-11,14-15,18-19,22-23,26,35,46-47,52-59H2,1-4H3,(H,91,100)(H,92,101)/t60?,61?,62-,64?,66?,67?,79?,81?,82+,83-,84+,85?,87+,90?/m1/s1. The third kappa shape index (κ3) is 22.9. The van der Waals surface area contributed by atoms with Crippen molar-refractivity contribution in [2.75, 3.05) is 25.6 Å². The summed E-state index contributed by atoms with van der Waals surface area (Å²) in [5, 5.41) is 64.0. The van der Waals surface area contributed by atoms with E-state index in [4.69, 9.17) is 28.4 Å². The van der Waals surface area contributed by atoms with Crippen LogP contribution in [0, 0.1) is 23.7 Å². The molecular weight excluding hydrogens is 1360 g/mol. The maximum Gasteiger partial charge on any atom is 0.411 e. The number of carbonyl (C=O) groups excluding carboxylic acids is 5. The molecule has 0 aromatic heterocycles. The predicted molar refractivity (Wildman–Crippen MR) is 419 cm³/mol. The van der Waals surface area contributed by atoms with E-state index in [2.05, 4.69) is 34.9 Å². The highest BCUT2D eigenvalue weighted by Crippen LogP contribution is 2.47. The largest absolute Gasteiger partial charge is 0.469 e. The van der Waals surface area contributed by atoms with Crippen LogP contribution < -0.4 is 10.6 Å². The van der Waals surface area contributed by atoms with Crippen LogP contribution >= 0.6 is 0 Å². The number of cyclic esters (lactones) is 1. The van der Waals surface area contributed by atoms with E-state index in [0.717, 1.165) is 109 Å². The van der Waals surface area contributed by atoms with Crippen molar-refractivity contribution in [3.8, 4) is 22.3 Å². The number of alkyl carbamates (subject to hydrolysis) is 1. The number of fused-ring (bicyclic) bond motifs is 8. The molecule has 18 nitrogen and oxygen atoms in total. The van der Waals surface area contributed by atoms with Crippen molar-refractivity contribution in [1.82, 2.24) is 5.32 Å². The molecule has 2 amide bonds. The first-order chi connectivity index (χ1) is 52.4. The molecule has 1 saturated heterocycles. The summed E-state index contributed by atoms with van der Waals surface area (Å²) >= 11 is 0. The van der Waals surface area contributed by atoms with Crippen LogP contribution in [0.1, 0.15) is 187 Å². The maximum absolute atomic E-state index is 13.6. The number of Topliss-reactive ketones (excluding diaryl/α,β-unsaturated/α-hetero) is 1. The Bertz CT molecular complexity index is 3900. The number of carbonyl (C=O) groups is 5. The number of aliphatic hydroxyl groups is 5. The van der Waals surface area contributed by atoms with Crippen molar-refractivity contribution >= 4 is 35.6 Å². The molecule has 2 heterocycles. The minimum absolute atomic E-state index is 0.00432. The average Bonchev–Trinajstić information content (AvgIpc) is 1.61. The summed E-state index contributed by atoms with van der Waals surface area (Å²) in [6, 6.07) is 37.5. The number of methoxy groups -OCH3 is 1. The number of esters is 2. The number of aliphatic hydroxyl groups excluding tert-OH is 4. The van der Waals surface area contributed by atoms with Crippen molar-refractivity contribution < 1.29 is 77.9 Å². The number of nitrogens with one attached hydrogen (secondary N) is 2. The smallest absolute Gasteiger partial charge is 0.411 e. The highest BCUT2D eigenvalue weighted by molar-refractivity contribution is 5.97. The van der Waals surface area contributed by atoms with Gasteiger partial charge in [-0.05, 0) is 126 Å². The van der Waals surface area contributed by atoms with E-state index < -0.39 is 90.7 Å². The summed E-state index contributed by atoms with van der Waals surface area (Å²) in [5.74, 6) is -3.33. The van der Waals surface area contributed by atoms with E-state index in [-0.39, 0.29) is 74.3 Å². The lowest BCUT2D eigenvalue weighted by Crippen LogP contribution is -2.64. The summed E-state index contributed by atoms with van der Waals surface area (Å²) in [5.41, 5.74) is 8.30. The van der Waals surface area contributed by atoms with Crippen LogP contribution in [0.3, 0.4) is 0 Å². The lowest BCUT2D eigenvalue weighted by Gasteiger charge is -2.45. The first-order valence-electron chi connectivity index (χ1n) is 39.0. The van der Waals surface area contributed by atoms with Gasteiger partial charge in [0, 0.05) is 48.3 Å². The van der Waals surface area contributed by atoms with Gasteiger partial charge in [0.2, 0.25) is 0 Å². The molecule has 10 rings (SSSR count). The van der Waals surface area contributed by atoms with Gasteiger partial charge in [0.25, 0.3) is 0 Å². The molecule has 2 bridgehead atoms. The molecule has 5 aliphatic rings. The molecule has 2 fully saturated rings. The van der Waals surface area contributed by atoms with E-state index in [1.54, 1.807) is 49.4 Å². The monoisotopic (exact) mass is 1470 g/mol. The third-order valence-electron chi connectivity index (χ3n) is 21.9. The van der Waals surface area contributed by atoms with Crippen LogP contribution in [-0.4, -0.2) is 136 Å². The molecule has 0 radical (unpaired) electrons. The lowest BCUT2D eigenvalue weighted by atomic mass is 9.66.